The Morgan fingerprint density at radius 2 is 1.39 bits per heavy atom. The van der Waals surface area contributed by atoms with E-state index in [-0.39, 0.29) is 5.83 Å². The quantitative estimate of drug-likeness (QED) is 0.537. The fourth-order valence-corrected chi connectivity index (χ4v) is 2.50. The van der Waals surface area contributed by atoms with Crippen molar-refractivity contribution in [2.24, 2.45) is 0 Å². The van der Waals surface area contributed by atoms with Crippen LogP contribution in [0.5, 0.6) is 0 Å². The van der Waals surface area contributed by atoms with Gasteiger partial charge in [-0.15, -0.1) is 0 Å². The first-order valence-electron chi connectivity index (χ1n) is 7.79. The van der Waals surface area contributed by atoms with Crippen molar-refractivity contribution in [1.82, 2.24) is 0 Å². The van der Waals surface area contributed by atoms with Crippen LogP contribution in [0.4, 0.5) is 4.39 Å². The third kappa shape index (κ3) is 3.95. The molecule has 0 bridgehead atoms. The maximum absolute atomic E-state index is 14.3. The van der Waals surface area contributed by atoms with E-state index >= 15 is 0 Å². The molecule has 3 aromatic carbocycles. The van der Waals surface area contributed by atoms with Crippen LogP contribution in [0.2, 0.25) is 0 Å². The van der Waals surface area contributed by atoms with Gasteiger partial charge in [0.1, 0.15) is 5.83 Å². The van der Waals surface area contributed by atoms with E-state index in [0.717, 1.165) is 16.7 Å². The maximum atomic E-state index is 14.3. The average molecular weight is 302 g/mol. The molecule has 0 N–H and O–H groups in total. The largest absolute Gasteiger partial charge is 0.207 e. The fraction of sp³-hybridized carbons (Fsp3) is 0.0909. The summed E-state index contributed by atoms with van der Waals surface area (Å²) in [6.45, 7) is 2.05. The van der Waals surface area contributed by atoms with Gasteiger partial charge in [-0.25, -0.2) is 4.39 Å². The topological polar surface area (TPSA) is 0 Å². The van der Waals surface area contributed by atoms with E-state index < -0.39 is 0 Å². The summed E-state index contributed by atoms with van der Waals surface area (Å²) < 4.78 is 14.3. The monoisotopic (exact) mass is 302 g/mol. The minimum absolute atomic E-state index is 0.176. The molecule has 0 aliphatic heterocycles. The molecule has 0 saturated heterocycles. The van der Waals surface area contributed by atoms with E-state index in [1.165, 1.54) is 5.56 Å². The van der Waals surface area contributed by atoms with E-state index in [1.807, 2.05) is 54.6 Å². The smallest absolute Gasteiger partial charge is 0.126 e. The molecule has 1 heteroatoms. The lowest BCUT2D eigenvalue weighted by Gasteiger charge is -2.04. The van der Waals surface area contributed by atoms with Crippen LogP contribution in [0.3, 0.4) is 0 Å². The summed E-state index contributed by atoms with van der Waals surface area (Å²) in [6.07, 6.45) is 2.24. The van der Waals surface area contributed by atoms with Crippen molar-refractivity contribution < 1.29 is 4.39 Å². The van der Waals surface area contributed by atoms with Gasteiger partial charge in [0.25, 0.3) is 0 Å². The Kier molecular flexibility index (Phi) is 4.68. The van der Waals surface area contributed by atoms with Crippen molar-refractivity contribution >= 4 is 5.83 Å². The van der Waals surface area contributed by atoms with Crippen LogP contribution < -0.4 is 0 Å². The van der Waals surface area contributed by atoms with Crippen LogP contribution >= 0.6 is 0 Å². The highest BCUT2D eigenvalue weighted by molar-refractivity contribution is 5.67. The zero-order chi connectivity index (χ0) is 16.1. The number of rotatable bonds is 4. The number of halogens is 1. The molecule has 23 heavy (non-hydrogen) atoms. The second-order valence-electron chi connectivity index (χ2n) is 5.69. The predicted octanol–water partition coefficient (Wildman–Crippen LogP) is 6.22. The third-order valence-electron chi connectivity index (χ3n) is 3.91. The zero-order valence-corrected chi connectivity index (χ0v) is 13.2. The van der Waals surface area contributed by atoms with Gasteiger partial charge in [0.05, 0.1) is 0 Å². The summed E-state index contributed by atoms with van der Waals surface area (Å²) in [7, 11) is 0. The van der Waals surface area contributed by atoms with Crippen LogP contribution in [-0.4, -0.2) is 0 Å². The first-order chi connectivity index (χ1) is 11.2. The van der Waals surface area contributed by atoms with Crippen molar-refractivity contribution in [2.45, 2.75) is 13.3 Å². The third-order valence-corrected chi connectivity index (χ3v) is 3.91. The second-order valence-corrected chi connectivity index (χ2v) is 5.69. The summed E-state index contributed by atoms with van der Waals surface area (Å²) in [4.78, 5) is 0. The van der Waals surface area contributed by atoms with Crippen molar-refractivity contribution in [1.29, 1.82) is 0 Å². The first-order valence-corrected chi connectivity index (χ1v) is 7.79. The molecular formula is C22H19F. The minimum Gasteiger partial charge on any atom is -0.207 e. The highest BCUT2D eigenvalue weighted by Crippen LogP contribution is 2.23. The molecule has 0 amide bonds. The van der Waals surface area contributed by atoms with Crippen molar-refractivity contribution in [2.75, 3.05) is 0 Å². The Bertz CT molecular complexity index is 782. The molecule has 114 valence electrons. The highest BCUT2D eigenvalue weighted by Gasteiger charge is 2.02. The number of allylic oxidation sites excluding steroid dienone is 1. The lowest BCUT2D eigenvalue weighted by atomic mass is 10.0. The molecule has 0 saturated carbocycles. The summed E-state index contributed by atoms with van der Waals surface area (Å²) in [6, 6.07) is 25.9. The van der Waals surface area contributed by atoms with Gasteiger partial charge in [-0.1, -0.05) is 84.4 Å². The first kappa shape index (κ1) is 15.2. The second kappa shape index (κ2) is 7.06. The normalized spacial score (nSPS) is 11.5. The molecule has 0 atom stereocenters. The standard InChI is InChI=1S/C22H19F/c1-17-7-9-18(10-8-17)11-16-22(23)21-14-12-20(13-15-21)19-5-3-2-4-6-19/h2-10,12-16H,11H2,1H3/b22-16-. The molecule has 3 aromatic rings. The Hall–Kier alpha value is -2.67. The van der Waals surface area contributed by atoms with Crippen LogP contribution in [0.1, 0.15) is 16.7 Å². The molecule has 3 rings (SSSR count). The van der Waals surface area contributed by atoms with Gasteiger partial charge in [-0.3, -0.25) is 0 Å². The Balaban J connectivity index is 1.73. The van der Waals surface area contributed by atoms with E-state index in [9.17, 15) is 4.39 Å². The molecule has 0 unspecified atom stereocenters. The maximum Gasteiger partial charge on any atom is 0.126 e. The molecule has 0 aliphatic rings. The molecule has 0 heterocycles. The van der Waals surface area contributed by atoms with Gasteiger partial charge in [0.2, 0.25) is 0 Å². The number of benzene rings is 3. The average Bonchev–Trinajstić information content (AvgIpc) is 2.62. The fourth-order valence-electron chi connectivity index (χ4n) is 2.50. The van der Waals surface area contributed by atoms with E-state index in [4.69, 9.17) is 0 Å². The minimum atomic E-state index is -0.176. The number of hydrogen-bond acceptors (Lipinski definition) is 0. The van der Waals surface area contributed by atoms with E-state index in [1.54, 1.807) is 6.08 Å². The zero-order valence-electron chi connectivity index (χ0n) is 13.2. The van der Waals surface area contributed by atoms with Gasteiger partial charge >= 0.3 is 0 Å². The van der Waals surface area contributed by atoms with Gasteiger partial charge in [0.15, 0.2) is 0 Å². The lowest BCUT2D eigenvalue weighted by molar-refractivity contribution is 0.756. The summed E-state index contributed by atoms with van der Waals surface area (Å²) in [5.41, 5.74) is 5.20. The number of aryl methyl sites for hydroxylation is 1. The number of hydrogen-bond donors (Lipinski definition) is 0. The highest BCUT2D eigenvalue weighted by atomic mass is 19.1. The van der Waals surface area contributed by atoms with E-state index in [2.05, 4.69) is 31.2 Å². The van der Waals surface area contributed by atoms with Gasteiger partial charge in [-0.2, -0.15) is 0 Å². The molecule has 0 radical (unpaired) electrons. The van der Waals surface area contributed by atoms with Gasteiger partial charge in [-0.05, 0) is 36.1 Å². The van der Waals surface area contributed by atoms with E-state index in [0.29, 0.717) is 12.0 Å². The van der Waals surface area contributed by atoms with Crippen molar-refractivity contribution in [3.05, 3.63) is 102 Å². The molecule has 0 aromatic heterocycles. The lowest BCUT2D eigenvalue weighted by Crippen LogP contribution is -1.84. The predicted molar refractivity (Wildman–Crippen MR) is 95.8 cm³/mol. The van der Waals surface area contributed by atoms with Crippen molar-refractivity contribution in [3.8, 4) is 11.1 Å². The molecular weight excluding hydrogens is 283 g/mol. The molecule has 0 aliphatic carbocycles. The van der Waals surface area contributed by atoms with Crippen molar-refractivity contribution in [3.63, 3.8) is 0 Å². The van der Waals surface area contributed by atoms with Crippen LogP contribution in [-0.2, 0) is 6.42 Å². The Morgan fingerprint density at radius 1 is 0.783 bits per heavy atom. The molecule has 0 nitrogen and oxygen atoms in total. The summed E-state index contributed by atoms with van der Waals surface area (Å²) in [5.74, 6) is -0.176. The summed E-state index contributed by atoms with van der Waals surface area (Å²) in [5, 5.41) is 0. The summed E-state index contributed by atoms with van der Waals surface area (Å²) >= 11 is 0. The van der Waals surface area contributed by atoms with Crippen LogP contribution in [0.25, 0.3) is 17.0 Å². The van der Waals surface area contributed by atoms with Crippen LogP contribution in [0.15, 0.2) is 84.9 Å². The molecule has 0 fully saturated rings. The van der Waals surface area contributed by atoms with Crippen LogP contribution in [0, 0.1) is 6.92 Å². The Labute approximate surface area is 136 Å². The SMILES string of the molecule is Cc1ccc(C/C=C(\F)c2ccc(-c3ccccc3)cc2)cc1. The molecule has 0 spiro atoms. The van der Waals surface area contributed by atoms with Gasteiger partial charge in [0, 0.05) is 5.56 Å². The van der Waals surface area contributed by atoms with Gasteiger partial charge < -0.3 is 0 Å². The Morgan fingerprint density at radius 3 is 2.04 bits per heavy atom.